The van der Waals surface area contributed by atoms with Crippen molar-refractivity contribution >= 4 is 17.7 Å². The number of hydrogen-bond donors (Lipinski definition) is 0. The molecule has 1 aliphatic heterocycles. The van der Waals surface area contributed by atoms with Crippen LogP contribution in [0.4, 0.5) is 0 Å². The molecule has 1 aromatic heterocycles. The van der Waals surface area contributed by atoms with Gasteiger partial charge in [0.15, 0.2) is 0 Å². The van der Waals surface area contributed by atoms with E-state index in [0.29, 0.717) is 13.1 Å². The van der Waals surface area contributed by atoms with E-state index >= 15 is 0 Å². The maximum absolute atomic E-state index is 12.1. The van der Waals surface area contributed by atoms with Crippen LogP contribution in [-0.4, -0.2) is 53.4 Å². The molecule has 0 aliphatic carbocycles. The van der Waals surface area contributed by atoms with Crippen molar-refractivity contribution in [2.45, 2.75) is 12.6 Å². The van der Waals surface area contributed by atoms with Crippen LogP contribution in [0.1, 0.15) is 5.76 Å². The lowest BCUT2D eigenvalue weighted by Crippen LogP contribution is -2.47. The van der Waals surface area contributed by atoms with Crippen molar-refractivity contribution < 1.29 is 9.21 Å². The average Bonchev–Trinajstić information content (AvgIpc) is 2.92. The predicted octanol–water partition coefficient (Wildman–Crippen LogP) is 1.18. The monoisotopic (exact) mass is 279 g/mol. The summed E-state index contributed by atoms with van der Waals surface area (Å²) < 4.78 is 5.22. The Morgan fingerprint density at radius 3 is 3.26 bits per heavy atom. The van der Waals surface area contributed by atoms with Gasteiger partial charge in [-0.1, -0.05) is 0 Å². The Balaban J connectivity index is 1.87. The van der Waals surface area contributed by atoms with Crippen LogP contribution in [-0.2, 0) is 11.3 Å². The van der Waals surface area contributed by atoms with Crippen LogP contribution >= 0.6 is 11.8 Å². The highest BCUT2D eigenvalue weighted by atomic mass is 32.2. The summed E-state index contributed by atoms with van der Waals surface area (Å²) in [6.45, 7) is 1.56. The molecule has 0 radical (unpaired) electrons. The first-order chi connectivity index (χ1) is 9.20. The minimum absolute atomic E-state index is 0.0172. The maximum atomic E-state index is 12.1. The van der Waals surface area contributed by atoms with Gasteiger partial charge < -0.3 is 9.32 Å². The molecule has 2 heterocycles. The molecule has 1 amide bonds. The zero-order chi connectivity index (χ0) is 13.7. The highest BCUT2D eigenvalue weighted by Gasteiger charge is 2.25. The van der Waals surface area contributed by atoms with Crippen molar-refractivity contribution in [3.63, 3.8) is 0 Å². The molecule has 0 N–H and O–H groups in total. The van der Waals surface area contributed by atoms with Gasteiger partial charge in [-0.25, -0.2) is 0 Å². The third-order valence-electron chi connectivity index (χ3n) is 3.13. The number of likely N-dealkylation sites (N-methyl/N-ethyl adjacent to an activating group) is 1. The highest BCUT2D eigenvalue weighted by Crippen LogP contribution is 2.16. The Morgan fingerprint density at radius 2 is 2.58 bits per heavy atom. The Morgan fingerprint density at radius 1 is 1.74 bits per heavy atom. The Kier molecular flexibility index (Phi) is 4.88. The van der Waals surface area contributed by atoms with Crippen molar-refractivity contribution in [1.82, 2.24) is 9.80 Å². The smallest absolute Gasteiger partial charge is 0.236 e. The summed E-state index contributed by atoms with van der Waals surface area (Å²) in [5.41, 5.74) is 0. The summed E-state index contributed by atoms with van der Waals surface area (Å²) in [4.78, 5) is 15.7. The van der Waals surface area contributed by atoms with Gasteiger partial charge in [-0.2, -0.15) is 17.0 Å². The number of amides is 1. The standard InChI is InChI=1S/C13H17N3O2S/c1-15(8-12-3-2-5-18-12)13(17)9-16-4-6-19-10-11(16)7-14/h2-3,5,11H,4,6,8-10H2,1H3/t11-/m0/s1. The van der Waals surface area contributed by atoms with Crippen LogP contribution in [0.5, 0.6) is 0 Å². The molecule has 102 valence electrons. The summed E-state index contributed by atoms with van der Waals surface area (Å²) in [6, 6.07) is 5.76. The van der Waals surface area contributed by atoms with Crippen molar-refractivity contribution in [2.75, 3.05) is 31.6 Å². The van der Waals surface area contributed by atoms with Gasteiger partial charge >= 0.3 is 0 Å². The minimum atomic E-state index is -0.153. The lowest BCUT2D eigenvalue weighted by Gasteiger charge is -2.31. The predicted molar refractivity (Wildman–Crippen MR) is 73.5 cm³/mol. The molecular formula is C13H17N3O2S. The van der Waals surface area contributed by atoms with E-state index in [1.54, 1.807) is 36.0 Å². The number of nitrogens with zero attached hydrogens (tertiary/aromatic N) is 3. The van der Waals surface area contributed by atoms with Crippen molar-refractivity contribution in [3.8, 4) is 6.07 Å². The molecule has 5 nitrogen and oxygen atoms in total. The largest absolute Gasteiger partial charge is 0.467 e. The molecule has 1 aliphatic rings. The highest BCUT2D eigenvalue weighted by molar-refractivity contribution is 7.99. The van der Waals surface area contributed by atoms with Crippen LogP contribution in [0, 0.1) is 11.3 Å². The number of thioether (sulfide) groups is 1. The SMILES string of the molecule is CN(Cc1ccco1)C(=O)CN1CCSC[C@@H]1C#N. The lowest BCUT2D eigenvalue weighted by atomic mass is 10.3. The quantitative estimate of drug-likeness (QED) is 0.828. The van der Waals surface area contributed by atoms with Gasteiger partial charge in [0, 0.05) is 25.1 Å². The van der Waals surface area contributed by atoms with E-state index in [4.69, 9.17) is 9.68 Å². The second-order valence-corrected chi connectivity index (χ2v) is 5.67. The number of carbonyl (C=O) groups is 1. The average molecular weight is 279 g/mol. The summed E-state index contributed by atoms with van der Waals surface area (Å²) >= 11 is 1.77. The number of nitriles is 1. The van der Waals surface area contributed by atoms with Gasteiger partial charge in [-0.3, -0.25) is 9.69 Å². The first kappa shape index (κ1) is 14.0. The molecule has 1 fully saturated rings. The third kappa shape index (κ3) is 3.75. The van der Waals surface area contributed by atoms with Crippen LogP contribution in [0.3, 0.4) is 0 Å². The molecular weight excluding hydrogens is 262 g/mol. The molecule has 1 aromatic rings. The summed E-state index contributed by atoms with van der Waals surface area (Å²) in [5.74, 6) is 2.55. The van der Waals surface area contributed by atoms with E-state index in [1.807, 2.05) is 11.0 Å². The number of furan rings is 1. The number of carbonyl (C=O) groups excluding carboxylic acids is 1. The molecule has 6 heteroatoms. The van der Waals surface area contributed by atoms with E-state index in [9.17, 15) is 4.79 Å². The molecule has 0 bridgehead atoms. The molecule has 0 saturated carbocycles. The van der Waals surface area contributed by atoms with E-state index in [-0.39, 0.29) is 11.9 Å². The minimum Gasteiger partial charge on any atom is -0.467 e. The fraction of sp³-hybridized carbons (Fsp3) is 0.538. The molecule has 0 unspecified atom stereocenters. The normalized spacial score (nSPS) is 19.9. The molecule has 0 aromatic carbocycles. The van der Waals surface area contributed by atoms with Gasteiger partial charge in [-0.05, 0) is 12.1 Å². The molecule has 0 spiro atoms. The van der Waals surface area contributed by atoms with Gasteiger partial charge in [0.2, 0.25) is 5.91 Å². The first-order valence-electron chi connectivity index (χ1n) is 6.18. The van der Waals surface area contributed by atoms with Crippen LogP contribution < -0.4 is 0 Å². The van der Waals surface area contributed by atoms with Crippen molar-refractivity contribution in [2.24, 2.45) is 0 Å². The summed E-state index contributed by atoms with van der Waals surface area (Å²) in [6.07, 6.45) is 1.60. The molecule has 1 atom stereocenters. The second-order valence-electron chi connectivity index (χ2n) is 4.52. The fourth-order valence-corrected chi connectivity index (χ4v) is 3.00. The zero-order valence-corrected chi connectivity index (χ0v) is 11.7. The Labute approximate surface area is 117 Å². The van der Waals surface area contributed by atoms with Crippen LogP contribution in [0.25, 0.3) is 0 Å². The van der Waals surface area contributed by atoms with E-state index < -0.39 is 0 Å². The topological polar surface area (TPSA) is 60.5 Å². The lowest BCUT2D eigenvalue weighted by molar-refractivity contribution is -0.132. The van der Waals surface area contributed by atoms with Crippen LogP contribution in [0.2, 0.25) is 0 Å². The second kappa shape index (κ2) is 6.64. The Hall–Kier alpha value is -1.45. The first-order valence-corrected chi connectivity index (χ1v) is 7.34. The number of rotatable bonds is 4. The van der Waals surface area contributed by atoms with Gasteiger partial charge in [0.05, 0.1) is 25.4 Å². The molecule has 19 heavy (non-hydrogen) atoms. The summed E-state index contributed by atoms with van der Waals surface area (Å²) in [7, 11) is 1.75. The van der Waals surface area contributed by atoms with E-state index in [1.165, 1.54) is 0 Å². The number of hydrogen-bond acceptors (Lipinski definition) is 5. The third-order valence-corrected chi connectivity index (χ3v) is 4.15. The van der Waals surface area contributed by atoms with Gasteiger partial charge in [-0.15, -0.1) is 0 Å². The van der Waals surface area contributed by atoms with Gasteiger partial charge in [0.25, 0.3) is 0 Å². The van der Waals surface area contributed by atoms with E-state index in [0.717, 1.165) is 23.8 Å². The van der Waals surface area contributed by atoms with E-state index in [2.05, 4.69) is 6.07 Å². The van der Waals surface area contributed by atoms with Crippen molar-refractivity contribution in [1.29, 1.82) is 5.26 Å². The molecule has 2 rings (SSSR count). The zero-order valence-electron chi connectivity index (χ0n) is 10.9. The van der Waals surface area contributed by atoms with Gasteiger partial charge in [0.1, 0.15) is 11.8 Å². The van der Waals surface area contributed by atoms with Crippen LogP contribution in [0.15, 0.2) is 22.8 Å². The Bertz CT molecular complexity index is 455. The van der Waals surface area contributed by atoms with Crippen molar-refractivity contribution in [3.05, 3.63) is 24.2 Å². The summed E-state index contributed by atoms with van der Waals surface area (Å²) in [5, 5.41) is 9.08. The molecule has 1 saturated heterocycles. The fourth-order valence-electron chi connectivity index (χ4n) is 1.97. The maximum Gasteiger partial charge on any atom is 0.236 e.